The lowest BCUT2D eigenvalue weighted by atomic mass is 9.97. The number of methoxy groups -OCH3 is 2. The zero-order valence-corrected chi connectivity index (χ0v) is 24.2. The number of alkyl halides is 6. The van der Waals surface area contributed by atoms with E-state index in [0.717, 1.165) is 31.5 Å². The topological polar surface area (TPSA) is 45.3 Å². The van der Waals surface area contributed by atoms with Gasteiger partial charge in [0.1, 0.15) is 6.04 Å². The second kappa shape index (κ2) is 15.2. The Bertz CT molecular complexity index is 1080. The SMILES string of the molecule is COCCN(CCOC)C1CCN(C(C(=O)N(C)CCc2cc(C(F)(F)F)cc(C(F)(F)F)c2)c2ccccc2)CC1. The molecule has 1 heterocycles. The van der Waals surface area contributed by atoms with Crippen LogP contribution in [-0.2, 0) is 33.0 Å². The number of likely N-dealkylation sites (tertiary alicyclic amines) is 1. The van der Waals surface area contributed by atoms with Crippen LogP contribution in [0.1, 0.15) is 41.1 Å². The molecule has 1 atom stereocenters. The summed E-state index contributed by atoms with van der Waals surface area (Å²) in [6.45, 7) is 3.96. The van der Waals surface area contributed by atoms with Gasteiger partial charge in [-0.2, -0.15) is 26.3 Å². The van der Waals surface area contributed by atoms with Gasteiger partial charge in [-0.05, 0) is 48.6 Å². The largest absolute Gasteiger partial charge is 0.416 e. The van der Waals surface area contributed by atoms with Crippen LogP contribution >= 0.6 is 0 Å². The molecular formula is C30H39F6N3O3. The number of halogens is 6. The molecule has 1 saturated heterocycles. The van der Waals surface area contributed by atoms with E-state index in [-0.39, 0.29) is 30.5 Å². The Balaban J connectivity index is 1.75. The minimum absolute atomic E-state index is 0.0426. The maximum atomic E-state index is 13.8. The molecule has 0 aromatic heterocycles. The van der Waals surface area contributed by atoms with E-state index in [1.807, 2.05) is 30.3 Å². The van der Waals surface area contributed by atoms with Crippen molar-refractivity contribution in [2.75, 3.05) is 67.2 Å². The molecule has 234 valence electrons. The van der Waals surface area contributed by atoms with Crippen LogP contribution < -0.4 is 0 Å². The van der Waals surface area contributed by atoms with E-state index in [4.69, 9.17) is 9.47 Å². The van der Waals surface area contributed by atoms with Crippen LogP contribution in [0, 0.1) is 0 Å². The minimum Gasteiger partial charge on any atom is -0.383 e. The molecule has 0 aliphatic carbocycles. The standard InChI is InChI=1S/C30H39F6N3O3/c1-37(12-9-22-19-24(29(31,32)33)21-25(20-22)30(34,35)36)28(40)27(23-7-5-4-6-8-23)39-13-10-26(11-14-39)38(15-17-41-2)16-18-42-3/h4-8,19-21,26-27H,9-18H2,1-3H3. The highest BCUT2D eigenvalue weighted by Gasteiger charge is 2.37. The lowest BCUT2D eigenvalue weighted by Crippen LogP contribution is -2.50. The van der Waals surface area contributed by atoms with Crippen molar-refractivity contribution in [3.8, 4) is 0 Å². The van der Waals surface area contributed by atoms with Gasteiger partial charge in [-0.25, -0.2) is 0 Å². The van der Waals surface area contributed by atoms with Gasteiger partial charge in [0.15, 0.2) is 0 Å². The number of benzene rings is 2. The molecule has 0 radical (unpaired) electrons. The van der Waals surface area contributed by atoms with Crippen molar-refractivity contribution in [3.05, 3.63) is 70.8 Å². The molecule has 2 aromatic carbocycles. The average molecular weight is 604 g/mol. The first kappa shape index (κ1) is 33.8. The van der Waals surface area contributed by atoms with Crippen molar-refractivity contribution in [1.29, 1.82) is 0 Å². The number of ether oxygens (including phenoxy) is 2. The molecule has 1 amide bonds. The molecule has 0 spiro atoms. The molecule has 12 heteroatoms. The fourth-order valence-corrected chi connectivity index (χ4v) is 5.33. The van der Waals surface area contributed by atoms with Crippen LogP contribution in [0.2, 0.25) is 0 Å². The minimum atomic E-state index is -4.93. The molecule has 3 rings (SSSR count). The predicted molar refractivity (Wildman–Crippen MR) is 147 cm³/mol. The van der Waals surface area contributed by atoms with Crippen LogP contribution in [-0.4, -0.2) is 93.9 Å². The molecule has 6 nitrogen and oxygen atoms in total. The van der Waals surface area contributed by atoms with Crippen LogP contribution in [0.3, 0.4) is 0 Å². The van der Waals surface area contributed by atoms with Gasteiger partial charge in [0, 0.05) is 60.0 Å². The van der Waals surface area contributed by atoms with Crippen LogP contribution in [0.15, 0.2) is 48.5 Å². The van der Waals surface area contributed by atoms with Crippen LogP contribution in [0.5, 0.6) is 0 Å². The van der Waals surface area contributed by atoms with Crippen LogP contribution in [0.4, 0.5) is 26.3 Å². The van der Waals surface area contributed by atoms with E-state index in [9.17, 15) is 31.1 Å². The number of piperidine rings is 1. The number of carbonyl (C=O) groups excluding carboxylic acids is 1. The summed E-state index contributed by atoms with van der Waals surface area (Å²) < 4.78 is 90.4. The van der Waals surface area contributed by atoms with Crippen molar-refractivity contribution in [1.82, 2.24) is 14.7 Å². The van der Waals surface area contributed by atoms with E-state index in [1.165, 1.54) is 11.9 Å². The number of likely N-dealkylation sites (N-methyl/N-ethyl adjacent to an activating group) is 1. The smallest absolute Gasteiger partial charge is 0.383 e. The third kappa shape index (κ3) is 9.42. The Morgan fingerprint density at radius 3 is 1.88 bits per heavy atom. The molecule has 1 aliphatic rings. The summed E-state index contributed by atoms with van der Waals surface area (Å²) in [5.74, 6) is -0.265. The van der Waals surface area contributed by atoms with Crippen molar-refractivity contribution < 1.29 is 40.6 Å². The highest BCUT2D eigenvalue weighted by molar-refractivity contribution is 5.83. The first-order valence-corrected chi connectivity index (χ1v) is 13.9. The van der Waals surface area contributed by atoms with Crippen molar-refractivity contribution in [3.63, 3.8) is 0 Å². The predicted octanol–water partition coefficient (Wildman–Crippen LogP) is 5.53. The van der Waals surface area contributed by atoms with Gasteiger partial charge in [-0.1, -0.05) is 30.3 Å². The molecule has 42 heavy (non-hydrogen) atoms. The Morgan fingerprint density at radius 2 is 1.40 bits per heavy atom. The summed E-state index contributed by atoms with van der Waals surface area (Å²) in [5, 5.41) is 0. The molecular weight excluding hydrogens is 564 g/mol. The summed E-state index contributed by atoms with van der Waals surface area (Å²) in [5.41, 5.74) is -2.09. The summed E-state index contributed by atoms with van der Waals surface area (Å²) in [6, 6.07) is 10.4. The zero-order chi connectivity index (χ0) is 30.9. The molecule has 1 unspecified atom stereocenters. The highest BCUT2D eigenvalue weighted by Crippen LogP contribution is 2.36. The lowest BCUT2D eigenvalue weighted by molar-refractivity contribution is -0.143. The first-order valence-electron chi connectivity index (χ1n) is 13.9. The summed E-state index contributed by atoms with van der Waals surface area (Å²) in [6.07, 6.45) is -8.38. The van der Waals surface area contributed by atoms with Gasteiger partial charge in [-0.15, -0.1) is 0 Å². The van der Waals surface area contributed by atoms with Gasteiger partial charge in [0.2, 0.25) is 5.91 Å². The van der Waals surface area contributed by atoms with E-state index < -0.39 is 29.5 Å². The zero-order valence-electron chi connectivity index (χ0n) is 24.2. The average Bonchev–Trinajstić information content (AvgIpc) is 2.96. The number of amides is 1. The Kier molecular flexibility index (Phi) is 12.2. The maximum Gasteiger partial charge on any atom is 0.416 e. The van der Waals surface area contributed by atoms with Gasteiger partial charge in [-0.3, -0.25) is 14.6 Å². The first-order chi connectivity index (χ1) is 19.8. The fourth-order valence-electron chi connectivity index (χ4n) is 5.33. The van der Waals surface area contributed by atoms with Gasteiger partial charge in [0.25, 0.3) is 0 Å². The van der Waals surface area contributed by atoms with E-state index in [2.05, 4.69) is 9.80 Å². The van der Waals surface area contributed by atoms with Crippen molar-refractivity contribution in [2.45, 2.75) is 43.7 Å². The van der Waals surface area contributed by atoms with Crippen molar-refractivity contribution >= 4 is 5.91 Å². The lowest BCUT2D eigenvalue weighted by Gasteiger charge is -2.42. The number of rotatable bonds is 13. The summed E-state index contributed by atoms with van der Waals surface area (Å²) in [7, 11) is 4.85. The van der Waals surface area contributed by atoms with Crippen LogP contribution in [0.25, 0.3) is 0 Å². The molecule has 0 bridgehead atoms. The molecule has 0 N–H and O–H groups in total. The normalized spacial score (nSPS) is 16.1. The van der Waals surface area contributed by atoms with Gasteiger partial charge in [0.05, 0.1) is 24.3 Å². The monoisotopic (exact) mass is 603 g/mol. The quantitative estimate of drug-likeness (QED) is 0.282. The number of hydrogen-bond donors (Lipinski definition) is 0. The van der Waals surface area contributed by atoms with Gasteiger partial charge < -0.3 is 14.4 Å². The fraction of sp³-hybridized carbons (Fsp3) is 0.567. The summed E-state index contributed by atoms with van der Waals surface area (Å²) >= 11 is 0. The number of carbonyl (C=O) groups is 1. The molecule has 1 aliphatic heterocycles. The second-order valence-corrected chi connectivity index (χ2v) is 10.5. The van der Waals surface area contributed by atoms with E-state index in [1.54, 1.807) is 14.2 Å². The van der Waals surface area contributed by atoms with E-state index >= 15 is 0 Å². The van der Waals surface area contributed by atoms with E-state index in [0.29, 0.717) is 44.5 Å². The number of hydrogen-bond acceptors (Lipinski definition) is 5. The Labute approximate surface area is 243 Å². The number of nitrogens with zero attached hydrogens (tertiary/aromatic N) is 3. The van der Waals surface area contributed by atoms with Crippen molar-refractivity contribution in [2.24, 2.45) is 0 Å². The third-order valence-corrected chi connectivity index (χ3v) is 7.65. The Hall–Kier alpha value is -2.67. The Morgan fingerprint density at radius 1 is 0.881 bits per heavy atom. The van der Waals surface area contributed by atoms with Gasteiger partial charge >= 0.3 is 12.4 Å². The third-order valence-electron chi connectivity index (χ3n) is 7.65. The molecule has 2 aromatic rings. The maximum absolute atomic E-state index is 13.8. The summed E-state index contributed by atoms with van der Waals surface area (Å²) in [4.78, 5) is 19.6. The second-order valence-electron chi connectivity index (χ2n) is 10.5. The molecule has 0 saturated carbocycles. The highest BCUT2D eigenvalue weighted by atomic mass is 19.4. The molecule has 1 fully saturated rings.